The van der Waals surface area contributed by atoms with Crippen LogP contribution in [-0.2, 0) is 13.1 Å². The second kappa shape index (κ2) is 10.1. The van der Waals surface area contributed by atoms with Crippen LogP contribution in [0.2, 0.25) is 0 Å². The summed E-state index contributed by atoms with van der Waals surface area (Å²) in [4.78, 5) is 28.6. The Morgan fingerprint density at radius 2 is 1.54 bits per heavy atom. The molecule has 194 valence electrons. The molecule has 0 unspecified atom stereocenters. The van der Waals surface area contributed by atoms with E-state index < -0.39 is 59.2 Å². The van der Waals surface area contributed by atoms with Crippen LogP contribution in [0.1, 0.15) is 40.0 Å². The molecule has 1 aliphatic heterocycles. The molecule has 0 radical (unpaired) electrons. The molecule has 0 saturated heterocycles. The van der Waals surface area contributed by atoms with Gasteiger partial charge in [-0.05, 0) is 24.6 Å². The van der Waals surface area contributed by atoms with Gasteiger partial charge in [0.1, 0.15) is 34.8 Å². The van der Waals surface area contributed by atoms with E-state index in [2.05, 4.69) is 5.32 Å². The third kappa shape index (κ3) is 4.93. The number of fused-ring (bicyclic) bond motifs is 1. The summed E-state index contributed by atoms with van der Waals surface area (Å²) in [6.45, 7) is 0.899. The number of carbonyl (C=O) groups is 2. The number of urea groups is 1. The van der Waals surface area contributed by atoms with Gasteiger partial charge in [0.25, 0.3) is 5.91 Å². The van der Waals surface area contributed by atoms with Crippen molar-refractivity contribution in [3.63, 3.8) is 0 Å². The Hall–Kier alpha value is -4.15. The zero-order valence-corrected chi connectivity index (χ0v) is 20.0. The van der Waals surface area contributed by atoms with Gasteiger partial charge in [0.2, 0.25) is 0 Å². The topological polar surface area (TPSA) is 61.9 Å². The van der Waals surface area contributed by atoms with Crippen LogP contribution in [0.25, 0.3) is 0 Å². The monoisotopic (exact) mass is 519 g/mol. The molecule has 0 fully saturated rings. The second-order valence-corrected chi connectivity index (χ2v) is 8.53. The Kier molecular flexibility index (Phi) is 7.06. The van der Waals surface area contributed by atoms with Gasteiger partial charge in [-0.2, -0.15) is 0 Å². The molecule has 1 N–H and O–H groups in total. The first-order valence-corrected chi connectivity index (χ1v) is 11.1. The first-order valence-electron chi connectivity index (χ1n) is 11.1. The number of carbonyl (C=O) groups excluding carboxylic acids is 2. The fourth-order valence-corrected chi connectivity index (χ4v) is 4.18. The fraction of sp³-hybridized carbons (Fsp3) is 0.231. The number of benzene rings is 3. The minimum absolute atomic E-state index is 0.0581. The van der Waals surface area contributed by atoms with Crippen molar-refractivity contribution in [3.05, 3.63) is 93.8 Å². The molecular weight excluding hydrogens is 497 g/mol. The largest absolute Gasteiger partial charge is 0.496 e. The SMILES string of the molecule is COc1cc(F)cc(F)c1CN1C(=O)N(C)[C@@H](C)c2ccc(C(=O)NCc3c(F)cc(F)cc3F)cc21. The molecule has 6 nitrogen and oxygen atoms in total. The molecule has 37 heavy (non-hydrogen) atoms. The smallest absolute Gasteiger partial charge is 0.325 e. The van der Waals surface area contributed by atoms with E-state index in [0.717, 1.165) is 6.07 Å². The molecule has 3 amide bonds. The lowest BCUT2D eigenvalue weighted by Gasteiger charge is -2.40. The highest BCUT2D eigenvalue weighted by molar-refractivity contribution is 5.99. The van der Waals surface area contributed by atoms with E-state index >= 15 is 0 Å². The van der Waals surface area contributed by atoms with E-state index in [-0.39, 0.29) is 23.4 Å². The summed E-state index contributed by atoms with van der Waals surface area (Å²) in [6, 6.07) is 6.29. The molecule has 0 saturated carbocycles. The molecule has 4 rings (SSSR count). The molecule has 3 aromatic carbocycles. The maximum atomic E-state index is 14.7. The van der Waals surface area contributed by atoms with Gasteiger partial charge in [-0.15, -0.1) is 0 Å². The molecule has 0 aromatic heterocycles. The lowest BCUT2D eigenvalue weighted by Crippen LogP contribution is -2.46. The molecule has 3 aromatic rings. The minimum atomic E-state index is -1.15. The Bertz CT molecular complexity index is 1380. The predicted molar refractivity (Wildman–Crippen MR) is 125 cm³/mol. The molecule has 1 atom stereocenters. The number of nitrogens with zero attached hydrogens (tertiary/aromatic N) is 2. The summed E-state index contributed by atoms with van der Waals surface area (Å²) >= 11 is 0. The highest BCUT2D eigenvalue weighted by atomic mass is 19.2. The van der Waals surface area contributed by atoms with E-state index in [4.69, 9.17) is 4.74 Å². The van der Waals surface area contributed by atoms with Crippen LogP contribution in [0.15, 0.2) is 42.5 Å². The minimum Gasteiger partial charge on any atom is -0.496 e. The molecule has 11 heteroatoms. The zero-order valence-electron chi connectivity index (χ0n) is 20.0. The van der Waals surface area contributed by atoms with Crippen LogP contribution < -0.4 is 15.0 Å². The van der Waals surface area contributed by atoms with Gasteiger partial charge in [-0.3, -0.25) is 9.69 Å². The third-order valence-corrected chi connectivity index (χ3v) is 6.33. The number of hydrogen-bond donors (Lipinski definition) is 1. The van der Waals surface area contributed by atoms with Crippen LogP contribution in [-0.4, -0.2) is 31.0 Å². The molecule has 1 heterocycles. The highest BCUT2D eigenvalue weighted by Gasteiger charge is 2.35. The van der Waals surface area contributed by atoms with E-state index in [1.54, 1.807) is 20.0 Å². The number of hydrogen-bond acceptors (Lipinski definition) is 3. The molecule has 1 aliphatic rings. The van der Waals surface area contributed by atoms with E-state index in [0.29, 0.717) is 29.4 Å². The van der Waals surface area contributed by atoms with E-state index in [1.165, 1.54) is 29.0 Å². The molecule has 0 spiro atoms. The van der Waals surface area contributed by atoms with Crippen molar-refractivity contribution in [2.24, 2.45) is 0 Å². The van der Waals surface area contributed by atoms with Gasteiger partial charge < -0.3 is 15.0 Å². The van der Waals surface area contributed by atoms with Gasteiger partial charge in [0.05, 0.1) is 25.4 Å². The fourth-order valence-electron chi connectivity index (χ4n) is 4.18. The predicted octanol–water partition coefficient (Wildman–Crippen LogP) is 5.45. The van der Waals surface area contributed by atoms with Crippen LogP contribution in [0.3, 0.4) is 0 Å². The van der Waals surface area contributed by atoms with Gasteiger partial charge in [-0.1, -0.05) is 6.07 Å². The van der Waals surface area contributed by atoms with Crippen LogP contribution in [0, 0.1) is 29.1 Å². The Balaban J connectivity index is 1.67. The summed E-state index contributed by atoms with van der Waals surface area (Å²) < 4.78 is 74.5. The van der Waals surface area contributed by atoms with Crippen molar-refractivity contribution in [1.29, 1.82) is 0 Å². The van der Waals surface area contributed by atoms with Crippen molar-refractivity contribution < 1.29 is 36.3 Å². The van der Waals surface area contributed by atoms with Gasteiger partial charge in [0, 0.05) is 54.5 Å². The van der Waals surface area contributed by atoms with Crippen molar-refractivity contribution in [2.75, 3.05) is 19.1 Å². The Morgan fingerprint density at radius 3 is 2.16 bits per heavy atom. The normalized spacial score (nSPS) is 15.0. The van der Waals surface area contributed by atoms with Gasteiger partial charge >= 0.3 is 6.03 Å². The number of methoxy groups -OCH3 is 1. The zero-order chi connectivity index (χ0) is 27.0. The summed E-state index contributed by atoms with van der Waals surface area (Å²) in [5.74, 6) is -5.94. The average Bonchev–Trinajstić information content (AvgIpc) is 2.84. The standard InChI is InChI=1S/C26H22F5N3O3/c1-13-17-5-4-14(25(35)32-11-18-20(29)7-15(27)8-21(18)30)6-23(17)34(26(36)33(13)2)12-19-22(31)9-16(28)10-24(19)37-3/h4-10,13H,11-12H2,1-3H3,(H,32,35)/t13-/m0/s1. The van der Waals surface area contributed by atoms with Crippen LogP contribution >= 0.6 is 0 Å². The quantitative estimate of drug-likeness (QED) is 0.441. The van der Waals surface area contributed by atoms with Crippen LogP contribution in [0.4, 0.5) is 32.4 Å². The summed E-state index contributed by atoms with van der Waals surface area (Å²) in [7, 11) is 2.81. The first kappa shape index (κ1) is 25.9. The van der Waals surface area contributed by atoms with Crippen molar-refractivity contribution in [1.82, 2.24) is 10.2 Å². The Labute approximate surface area is 209 Å². The van der Waals surface area contributed by atoms with Gasteiger partial charge in [-0.25, -0.2) is 26.7 Å². The number of halogens is 5. The molecular formula is C26H22F5N3O3. The highest BCUT2D eigenvalue weighted by Crippen LogP contribution is 2.38. The number of anilines is 1. The number of nitrogens with one attached hydrogen (secondary N) is 1. The van der Waals surface area contributed by atoms with Crippen LogP contribution in [0.5, 0.6) is 5.75 Å². The maximum absolute atomic E-state index is 14.7. The lowest BCUT2D eigenvalue weighted by molar-refractivity contribution is 0.0950. The van der Waals surface area contributed by atoms with Crippen molar-refractivity contribution >= 4 is 17.6 Å². The molecule has 0 bridgehead atoms. The summed E-state index contributed by atoms with van der Waals surface area (Å²) in [6.07, 6.45) is 0. The summed E-state index contributed by atoms with van der Waals surface area (Å²) in [5, 5.41) is 2.38. The summed E-state index contributed by atoms with van der Waals surface area (Å²) in [5.41, 5.74) is 0.425. The number of amides is 3. The van der Waals surface area contributed by atoms with Crippen molar-refractivity contribution in [3.8, 4) is 5.75 Å². The average molecular weight is 519 g/mol. The van der Waals surface area contributed by atoms with Crippen molar-refractivity contribution in [2.45, 2.75) is 26.1 Å². The van der Waals surface area contributed by atoms with Gasteiger partial charge in [0.15, 0.2) is 0 Å². The van der Waals surface area contributed by atoms with E-state index in [1.807, 2.05) is 0 Å². The maximum Gasteiger partial charge on any atom is 0.325 e. The lowest BCUT2D eigenvalue weighted by atomic mass is 9.98. The number of rotatable bonds is 6. The third-order valence-electron chi connectivity index (χ3n) is 6.33. The number of ether oxygens (including phenoxy) is 1. The second-order valence-electron chi connectivity index (χ2n) is 8.53. The molecule has 0 aliphatic carbocycles. The first-order chi connectivity index (χ1) is 17.5. The Morgan fingerprint density at radius 1 is 0.946 bits per heavy atom. The van der Waals surface area contributed by atoms with E-state index in [9.17, 15) is 31.5 Å².